The number of alkyl halides is 3. The van der Waals surface area contributed by atoms with Crippen LogP contribution in [0.4, 0.5) is 8.78 Å². The molecule has 1 aromatic carbocycles. The van der Waals surface area contributed by atoms with Crippen molar-refractivity contribution in [2.45, 2.75) is 38.2 Å². The second-order valence-corrected chi connectivity index (χ2v) is 7.79. The van der Waals surface area contributed by atoms with E-state index in [0.717, 1.165) is 0 Å². The van der Waals surface area contributed by atoms with Crippen molar-refractivity contribution in [3.63, 3.8) is 0 Å². The molecular weight excluding hydrogens is 352 g/mol. The number of rotatable bonds is 5. The molecule has 5 nitrogen and oxygen atoms in total. The minimum atomic E-state index is -3.83. The largest absolute Gasteiger partial charge is 0.434 e. The van der Waals surface area contributed by atoms with Crippen LogP contribution in [0.1, 0.15) is 24.5 Å². The van der Waals surface area contributed by atoms with Crippen LogP contribution in [0, 0.1) is 6.92 Å². The molecule has 0 N–H and O–H groups in total. The first-order chi connectivity index (χ1) is 10.7. The summed E-state index contributed by atoms with van der Waals surface area (Å²) in [6, 6.07) is 4.57. The molecule has 0 fully saturated rings. The molecule has 0 radical (unpaired) electrons. The zero-order valence-electron chi connectivity index (χ0n) is 12.6. The predicted molar refractivity (Wildman–Crippen MR) is 82.7 cm³/mol. The standard InChI is InChI=1S/C14H16ClF2NO4S/c1-9-4-3-5-10(12(9)21-13(16)17)7-23(19,20)11-6-14(2,8-15)22-18-11/h3-5,13H,6-8H2,1-2H3. The molecule has 2 rings (SSSR count). The smallest absolute Gasteiger partial charge is 0.387 e. The topological polar surface area (TPSA) is 65.0 Å². The lowest BCUT2D eigenvalue weighted by molar-refractivity contribution is -0.0507. The molecule has 0 amide bonds. The molecule has 23 heavy (non-hydrogen) atoms. The molecule has 128 valence electrons. The highest BCUT2D eigenvalue weighted by Gasteiger charge is 2.39. The maximum absolute atomic E-state index is 12.5. The van der Waals surface area contributed by atoms with Crippen molar-refractivity contribution >= 4 is 26.5 Å². The Balaban J connectivity index is 2.27. The lowest BCUT2D eigenvalue weighted by Crippen LogP contribution is -2.28. The van der Waals surface area contributed by atoms with Crippen molar-refractivity contribution in [2.24, 2.45) is 5.16 Å². The van der Waals surface area contributed by atoms with Gasteiger partial charge < -0.3 is 9.57 Å². The molecule has 1 aliphatic heterocycles. The predicted octanol–water partition coefficient (Wildman–Crippen LogP) is 3.24. The van der Waals surface area contributed by atoms with Gasteiger partial charge in [-0.05, 0) is 19.4 Å². The Hall–Kier alpha value is -1.41. The van der Waals surface area contributed by atoms with Crippen LogP contribution in [0.3, 0.4) is 0 Å². The van der Waals surface area contributed by atoms with E-state index in [1.807, 2.05) is 0 Å². The SMILES string of the molecule is Cc1cccc(CS(=O)(=O)C2=NOC(C)(CCl)C2)c1OC(F)F. The first kappa shape index (κ1) is 17.9. The van der Waals surface area contributed by atoms with Gasteiger partial charge in [0.15, 0.2) is 20.5 Å². The Bertz CT molecular complexity index is 723. The van der Waals surface area contributed by atoms with Gasteiger partial charge in [-0.25, -0.2) is 8.42 Å². The fraction of sp³-hybridized carbons (Fsp3) is 0.500. The average molecular weight is 368 g/mol. The molecule has 0 aliphatic carbocycles. The van der Waals surface area contributed by atoms with Crippen LogP contribution in [0.2, 0.25) is 0 Å². The highest BCUT2D eigenvalue weighted by Crippen LogP contribution is 2.31. The van der Waals surface area contributed by atoms with Crippen LogP contribution >= 0.6 is 11.6 Å². The summed E-state index contributed by atoms with van der Waals surface area (Å²) in [7, 11) is -3.83. The number of nitrogens with zero attached hydrogens (tertiary/aromatic N) is 1. The number of hydrogen-bond acceptors (Lipinski definition) is 5. The lowest BCUT2D eigenvalue weighted by Gasteiger charge is -2.17. The Labute approximate surface area is 138 Å². The number of hydrogen-bond donors (Lipinski definition) is 0. The van der Waals surface area contributed by atoms with E-state index in [0.29, 0.717) is 5.56 Å². The third-order valence-corrected chi connectivity index (χ3v) is 5.57. The fourth-order valence-electron chi connectivity index (χ4n) is 2.16. The molecule has 0 spiro atoms. The molecule has 9 heteroatoms. The van der Waals surface area contributed by atoms with Gasteiger partial charge in [-0.15, -0.1) is 11.6 Å². The van der Waals surface area contributed by atoms with Gasteiger partial charge in [0.2, 0.25) is 0 Å². The first-order valence-corrected chi connectivity index (χ1v) is 8.92. The Morgan fingerprint density at radius 1 is 1.48 bits per heavy atom. The van der Waals surface area contributed by atoms with Crippen LogP contribution in [0.25, 0.3) is 0 Å². The molecule has 0 saturated carbocycles. The molecule has 0 bridgehead atoms. The van der Waals surface area contributed by atoms with Gasteiger partial charge in [0.25, 0.3) is 0 Å². The second kappa shape index (κ2) is 6.60. The molecule has 1 unspecified atom stereocenters. The van der Waals surface area contributed by atoms with E-state index in [-0.39, 0.29) is 28.7 Å². The van der Waals surface area contributed by atoms with Crippen molar-refractivity contribution in [1.82, 2.24) is 0 Å². The van der Waals surface area contributed by atoms with Gasteiger partial charge in [-0.3, -0.25) is 0 Å². The molecule has 0 saturated heterocycles. The first-order valence-electron chi connectivity index (χ1n) is 6.74. The van der Waals surface area contributed by atoms with Gasteiger partial charge in [0.05, 0.1) is 11.6 Å². The summed E-state index contributed by atoms with van der Waals surface area (Å²) in [5.41, 5.74) is -0.306. The number of para-hydroxylation sites is 1. The zero-order chi connectivity index (χ0) is 17.3. The van der Waals surface area contributed by atoms with Crippen LogP contribution in [-0.2, 0) is 20.4 Å². The summed E-state index contributed by atoms with van der Waals surface area (Å²) in [4.78, 5) is 5.07. The summed E-state index contributed by atoms with van der Waals surface area (Å²) in [6.45, 7) is 0.169. The van der Waals surface area contributed by atoms with E-state index in [1.165, 1.54) is 6.07 Å². The van der Waals surface area contributed by atoms with E-state index in [1.54, 1.807) is 26.0 Å². The van der Waals surface area contributed by atoms with Gasteiger partial charge in [-0.1, -0.05) is 23.4 Å². The molecule has 1 aliphatic rings. The van der Waals surface area contributed by atoms with E-state index >= 15 is 0 Å². The molecule has 1 heterocycles. The van der Waals surface area contributed by atoms with Crippen molar-refractivity contribution < 1.29 is 26.8 Å². The minimum Gasteiger partial charge on any atom is -0.434 e. The van der Waals surface area contributed by atoms with E-state index < -0.39 is 27.8 Å². The summed E-state index contributed by atoms with van der Waals surface area (Å²) in [5.74, 6) is -0.553. The second-order valence-electron chi connectivity index (χ2n) is 5.54. The maximum atomic E-state index is 12.5. The number of oxime groups is 1. The number of ether oxygens (including phenoxy) is 1. The van der Waals surface area contributed by atoms with E-state index in [9.17, 15) is 17.2 Å². The third kappa shape index (κ3) is 4.11. The van der Waals surface area contributed by atoms with Crippen LogP contribution in [0.15, 0.2) is 23.4 Å². The van der Waals surface area contributed by atoms with Crippen molar-refractivity contribution in [2.75, 3.05) is 5.88 Å². The van der Waals surface area contributed by atoms with Gasteiger partial charge in [-0.2, -0.15) is 8.78 Å². The van der Waals surface area contributed by atoms with Gasteiger partial charge in [0.1, 0.15) is 5.75 Å². The Morgan fingerprint density at radius 2 is 2.17 bits per heavy atom. The fourth-order valence-corrected chi connectivity index (χ4v) is 3.78. The van der Waals surface area contributed by atoms with Crippen LogP contribution < -0.4 is 4.74 Å². The van der Waals surface area contributed by atoms with Crippen molar-refractivity contribution in [3.8, 4) is 5.75 Å². The van der Waals surface area contributed by atoms with Crippen molar-refractivity contribution in [1.29, 1.82) is 0 Å². The highest BCUT2D eigenvalue weighted by atomic mass is 35.5. The van der Waals surface area contributed by atoms with Crippen molar-refractivity contribution in [3.05, 3.63) is 29.3 Å². The average Bonchev–Trinajstić information content (AvgIpc) is 2.86. The van der Waals surface area contributed by atoms with Crippen LogP contribution in [-0.4, -0.2) is 31.6 Å². The third-order valence-electron chi connectivity index (χ3n) is 3.38. The molecule has 1 atom stereocenters. The molecular formula is C14H16ClF2NO4S. The van der Waals surface area contributed by atoms with E-state index in [4.69, 9.17) is 16.4 Å². The van der Waals surface area contributed by atoms with E-state index in [2.05, 4.69) is 9.89 Å². The summed E-state index contributed by atoms with van der Waals surface area (Å²) < 4.78 is 54.4. The maximum Gasteiger partial charge on any atom is 0.387 e. The quantitative estimate of drug-likeness (QED) is 0.749. The number of benzene rings is 1. The number of sulfone groups is 1. The normalized spacial score (nSPS) is 21.2. The molecule has 0 aromatic heterocycles. The zero-order valence-corrected chi connectivity index (χ0v) is 14.1. The number of aryl methyl sites for hydroxylation is 1. The lowest BCUT2D eigenvalue weighted by atomic mass is 10.1. The Kier molecular flexibility index (Phi) is 5.15. The summed E-state index contributed by atoms with van der Waals surface area (Å²) in [6.07, 6.45) is 0.0374. The van der Waals surface area contributed by atoms with Crippen LogP contribution in [0.5, 0.6) is 5.75 Å². The molecule has 1 aromatic rings. The monoisotopic (exact) mass is 367 g/mol. The highest BCUT2D eigenvalue weighted by molar-refractivity contribution is 8.05. The van der Waals surface area contributed by atoms with Gasteiger partial charge in [0, 0.05) is 12.0 Å². The minimum absolute atomic E-state index is 0.0374. The Morgan fingerprint density at radius 3 is 2.74 bits per heavy atom. The number of halogens is 3. The summed E-state index contributed by atoms with van der Waals surface area (Å²) >= 11 is 5.73. The summed E-state index contributed by atoms with van der Waals surface area (Å²) in [5, 5.41) is 3.45. The van der Waals surface area contributed by atoms with Gasteiger partial charge >= 0.3 is 6.61 Å².